The van der Waals surface area contributed by atoms with Gasteiger partial charge in [0, 0.05) is 36.6 Å². The van der Waals surface area contributed by atoms with Gasteiger partial charge in [0.25, 0.3) is 0 Å². The molecule has 3 aromatic rings. The second-order valence-corrected chi connectivity index (χ2v) is 6.12. The molecule has 3 aromatic heterocycles. The predicted molar refractivity (Wildman–Crippen MR) is 81.1 cm³/mol. The van der Waals surface area contributed by atoms with E-state index >= 15 is 0 Å². The molecular weight excluding hydrogens is 270 g/mol. The average Bonchev–Trinajstić information content (AvgIpc) is 3.04. The van der Waals surface area contributed by atoms with E-state index in [4.69, 9.17) is 0 Å². The van der Waals surface area contributed by atoms with Crippen molar-refractivity contribution in [2.75, 3.05) is 0 Å². The fourth-order valence-electron chi connectivity index (χ4n) is 2.20. The van der Waals surface area contributed by atoms with Gasteiger partial charge < -0.3 is 9.88 Å². The molecule has 0 aromatic carbocycles. The zero-order valence-electron chi connectivity index (χ0n) is 12.0. The van der Waals surface area contributed by atoms with Crippen LogP contribution in [0.4, 0.5) is 0 Å². The molecule has 3 heterocycles. The zero-order chi connectivity index (χ0) is 14.1. The first-order valence-electron chi connectivity index (χ1n) is 6.79. The van der Waals surface area contributed by atoms with Crippen molar-refractivity contribution in [3.63, 3.8) is 0 Å². The highest BCUT2D eigenvalue weighted by Crippen LogP contribution is 2.14. The minimum atomic E-state index is 0.469. The summed E-state index contributed by atoms with van der Waals surface area (Å²) in [6.07, 6.45) is 6.08. The molecule has 0 saturated heterocycles. The fraction of sp³-hybridized carbons (Fsp3) is 0.429. The van der Waals surface area contributed by atoms with Crippen LogP contribution in [0, 0.1) is 6.92 Å². The lowest BCUT2D eigenvalue weighted by Crippen LogP contribution is -2.23. The maximum Gasteiger partial charge on any atom is 0.193 e. The molecule has 1 N–H and O–H groups in total. The second kappa shape index (κ2) is 5.38. The number of nitrogens with zero attached hydrogens (tertiary/aromatic N) is 4. The lowest BCUT2D eigenvalue weighted by atomic mass is 10.3. The minimum absolute atomic E-state index is 0.469. The summed E-state index contributed by atoms with van der Waals surface area (Å²) < 4.78 is 4.29. The van der Waals surface area contributed by atoms with Gasteiger partial charge >= 0.3 is 0 Å². The van der Waals surface area contributed by atoms with E-state index < -0.39 is 0 Å². The van der Waals surface area contributed by atoms with Gasteiger partial charge in [0.05, 0.1) is 17.9 Å². The van der Waals surface area contributed by atoms with E-state index in [0.717, 1.165) is 29.6 Å². The van der Waals surface area contributed by atoms with Crippen LogP contribution < -0.4 is 5.32 Å². The molecule has 0 amide bonds. The van der Waals surface area contributed by atoms with Crippen LogP contribution in [0.1, 0.15) is 31.1 Å². The fourth-order valence-corrected chi connectivity index (χ4v) is 2.91. The lowest BCUT2D eigenvalue weighted by molar-refractivity contribution is 0.560. The molecule has 0 aliphatic carbocycles. The van der Waals surface area contributed by atoms with Gasteiger partial charge in [-0.1, -0.05) is 13.8 Å². The van der Waals surface area contributed by atoms with Gasteiger partial charge in [-0.05, 0) is 6.92 Å². The molecule has 3 rings (SSSR count). The number of hydrogen-bond donors (Lipinski definition) is 1. The van der Waals surface area contributed by atoms with Crippen molar-refractivity contribution in [3.05, 3.63) is 41.2 Å². The standard InChI is InChI=1S/C14H19N5S/c1-10(2)15-6-13-7-16-11(3)19(13)9-12-8-18-4-5-20-14(18)17-12/h4-5,7-8,10,15H,6,9H2,1-3H3. The van der Waals surface area contributed by atoms with Crippen molar-refractivity contribution in [1.29, 1.82) is 0 Å². The Labute approximate surface area is 122 Å². The smallest absolute Gasteiger partial charge is 0.193 e. The first kappa shape index (κ1) is 13.3. The Morgan fingerprint density at radius 2 is 2.25 bits per heavy atom. The van der Waals surface area contributed by atoms with Crippen LogP contribution in [-0.4, -0.2) is 25.0 Å². The van der Waals surface area contributed by atoms with Crippen molar-refractivity contribution >= 4 is 16.3 Å². The van der Waals surface area contributed by atoms with Crippen LogP contribution >= 0.6 is 11.3 Å². The van der Waals surface area contributed by atoms with E-state index in [0.29, 0.717) is 6.04 Å². The molecule has 0 bridgehead atoms. The third-order valence-corrected chi connectivity index (χ3v) is 4.06. The van der Waals surface area contributed by atoms with Gasteiger partial charge in [0.2, 0.25) is 0 Å². The van der Waals surface area contributed by atoms with Gasteiger partial charge in [-0.25, -0.2) is 9.97 Å². The SMILES string of the molecule is Cc1ncc(CNC(C)C)n1Cc1cn2ccsc2n1. The van der Waals surface area contributed by atoms with E-state index in [9.17, 15) is 0 Å². The molecule has 0 aliphatic heterocycles. The average molecular weight is 289 g/mol. The van der Waals surface area contributed by atoms with Crippen LogP contribution in [-0.2, 0) is 13.1 Å². The van der Waals surface area contributed by atoms with Gasteiger partial charge in [0.15, 0.2) is 4.96 Å². The summed E-state index contributed by atoms with van der Waals surface area (Å²) >= 11 is 1.66. The molecule has 0 fully saturated rings. The van der Waals surface area contributed by atoms with Crippen molar-refractivity contribution < 1.29 is 0 Å². The van der Waals surface area contributed by atoms with Crippen molar-refractivity contribution in [3.8, 4) is 0 Å². The van der Waals surface area contributed by atoms with Crippen LogP contribution in [0.2, 0.25) is 0 Å². The molecule has 0 aliphatic rings. The predicted octanol–water partition coefficient (Wildman–Crippen LogP) is 2.45. The Morgan fingerprint density at radius 1 is 1.40 bits per heavy atom. The number of aromatic nitrogens is 4. The zero-order valence-corrected chi connectivity index (χ0v) is 12.8. The number of aryl methyl sites for hydroxylation is 1. The Balaban J connectivity index is 1.82. The summed E-state index contributed by atoms with van der Waals surface area (Å²) in [5, 5.41) is 5.49. The molecule has 0 saturated carbocycles. The number of rotatable bonds is 5. The summed E-state index contributed by atoms with van der Waals surface area (Å²) in [7, 11) is 0. The molecule has 0 spiro atoms. The molecule has 0 radical (unpaired) electrons. The van der Waals surface area contributed by atoms with Crippen molar-refractivity contribution in [2.45, 2.75) is 39.9 Å². The van der Waals surface area contributed by atoms with Gasteiger partial charge in [-0.2, -0.15) is 0 Å². The van der Waals surface area contributed by atoms with Gasteiger partial charge in [-0.3, -0.25) is 4.40 Å². The monoisotopic (exact) mass is 289 g/mol. The maximum absolute atomic E-state index is 4.64. The van der Waals surface area contributed by atoms with Crippen LogP contribution in [0.15, 0.2) is 24.0 Å². The largest absolute Gasteiger partial charge is 0.325 e. The Kier molecular flexibility index (Phi) is 3.58. The number of nitrogens with one attached hydrogen (secondary N) is 1. The van der Waals surface area contributed by atoms with Crippen LogP contribution in [0.25, 0.3) is 4.96 Å². The normalized spacial score (nSPS) is 11.8. The van der Waals surface area contributed by atoms with Gasteiger partial charge in [-0.15, -0.1) is 11.3 Å². The van der Waals surface area contributed by atoms with Crippen molar-refractivity contribution in [1.82, 2.24) is 24.3 Å². The number of thiazole rings is 1. The maximum atomic E-state index is 4.64. The third kappa shape index (κ3) is 2.62. The van der Waals surface area contributed by atoms with E-state index in [1.807, 2.05) is 24.7 Å². The summed E-state index contributed by atoms with van der Waals surface area (Å²) in [6.45, 7) is 7.95. The number of imidazole rings is 2. The molecule has 20 heavy (non-hydrogen) atoms. The van der Waals surface area contributed by atoms with Crippen LogP contribution in [0.3, 0.4) is 0 Å². The van der Waals surface area contributed by atoms with E-state index in [1.165, 1.54) is 5.69 Å². The summed E-state index contributed by atoms with van der Waals surface area (Å²) in [5.74, 6) is 1.03. The quantitative estimate of drug-likeness (QED) is 0.785. The van der Waals surface area contributed by atoms with E-state index in [2.05, 4.69) is 44.3 Å². The molecule has 6 heteroatoms. The molecule has 106 valence electrons. The lowest BCUT2D eigenvalue weighted by Gasteiger charge is -2.11. The highest BCUT2D eigenvalue weighted by Gasteiger charge is 2.10. The minimum Gasteiger partial charge on any atom is -0.325 e. The molecular formula is C14H19N5S. The summed E-state index contributed by atoms with van der Waals surface area (Å²) in [5.41, 5.74) is 2.27. The first-order valence-corrected chi connectivity index (χ1v) is 7.67. The number of fused-ring (bicyclic) bond motifs is 1. The summed E-state index contributed by atoms with van der Waals surface area (Å²) in [6, 6.07) is 0.469. The highest BCUT2D eigenvalue weighted by atomic mass is 32.1. The molecule has 0 atom stereocenters. The topological polar surface area (TPSA) is 47.2 Å². The van der Waals surface area contributed by atoms with Gasteiger partial charge in [0.1, 0.15) is 5.82 Å². The Bertz CT molecular complexity index is 678. The van der Waals surface area contributed by atoms with Crippen molar-refractivity contribution in [2.24, 2.45) is 0 Å². The Morgan fingerprint density at radius 3 is 3.00 bits per heavy atom. The second-order valence-electron chi connectivity index (χ2n) is 5.24. The first-order chi connectivity index (χ1) is 9.63. The number of hydrogen-bond acceptors (Lipinski definition) is 4. The molecule has 5 nitrogen and oxygen atoms in total. The summed E-state index contributed by atoms with van der Waals surface area (Å²) in [4.78, 5) is 10.1. The van der Waals surface area contributed by atoms with E-state index in [1.54, 1.807) is 11.3 Å². The van der Waals surface area contributed by atoms with E-state index in [-0.39, 0.29) is 0 Å². The van der Waals surface area contributed by atoms with Crippen LogP contribution in [0.5, 0.6) is 0 Å². The molecule has 0 unspecified atom stereocenters. The third-order valence-electron chi connectivity index (χ3n) is 3.29. The highest BCUT2D eigenvalue weighted by molar-refractivity contribution is 7.15. The Hall–Kier alpha value is -1.66.